The molecule has 8 heteroatoms. The number of anilines is 2. The van der Waals surface area contributed by atoms with Gasteiger partial charge in [-0.05, 0) is 30.3 Å². The number of fused-ring (bicyclic) bond motifs is 1. The molecular weight excluding hydrogens is 366 g/mol. The summed E-state index contributed by atoms with van der Waals surface area (Å²) >= 11 is 1.50. The highest BCUT2D eigenvalue weighted by molar-refractivity contribution is 7.07. The molecule has 2 heterocycles. The third kappa shape index (κ3) is 3.90. The Morgan fingerprint density at radius 2 is 2.19 bits per heavy atom. The molecule has 0 fully saturated rings. The zero-order chi connectivity index (χ0) is 18.6. The van der Waals surface area contributed by atoms with Crippen LogP contribution in [-0.4, -0.2) is 23.4 Å². The molecule has 1 aromatic heterocycles. The fraction of sp³-hybridized carbons (Fsp3) is 0.105. The van der Waals surface area contributed by atoms with E-state index in [0.717, 1.165) is 5.69 Å². The standard InChI is InChI=1S/C19H15N3O4S/c23-18-9-26-17-6-5-12(7-15(17)21-18)19(24)22-14-3-1-2-4-16(14)25-8-13-10-27-11-20-13/h1-7,10-11H,8-9H2,(H,21,23)(H,22,24). The molecule has 0 spiro atoms. The van der Waals surface area contributed by atoms with Gasteiger partial charge in [-0.1, -0.05) is 12.1 Å². The summed E-state index contributed by atoms with van der Waals surface area (Å²) < 4.78 is 11.1. The fourth-order valence-electron chi connectivity index (χ4n) is 2.58. The van der Waals surface area contributed by atoms with Gasteiger partial charge in [-0.25, -0.2) is 4.98 Å². The van der Waals surface area contributed by atoms with Gasteiger partial charge in [0.1, 0.15) is 18.1 Å². The number of thiazole rings is 1. The average Bonchev–Trinajstić information content (AvgIpc) is 3.20. The summed E-state index contributed by atoms with van der Waals surface area (Å²) in [5, 5.41) is 7.44. The van der Waals surface area contributed by atoms with Crippen LogP contribution in [0.3, 0.4) is 0 Å². The Bertz CT molecular complexity index is 988. The van der Waals surface area contributed by atoms with Crippen molar-refractivity contribution in [3.8, 4) is 11.5 Å². The molecule has 27 heavy (non-hydrogen) atoms. The number of nitrogens with one attached hydrogen (secondary N) is 2. The van der Waals surface area contributed by atoms with E-state index < -0.39 is 0 Å². The highest BCUT2D eigenvalue weighted by Gasteiger charge is 2.18. The molecule has 2 aromatic carbocycles. The minimum absolute atomic E-state index is 0.0256. The summed E-state index contributed by atoms with van der Waals surface area (Å²) in [4.78, 5) is 28.3. The van der Waals surface area contributed by atoms with Crippen molar-refractivity contribution in [1.82, 2.24) is 4.98 Å². The van der Waals surface area contributed by atoms with E-state index in [0.29, 0.717) is 35.0 Å². The minimum Gasteiger partial charge on any atom is -0.485 e. The van der Waals surface area contributed by atoms with E-state index in [2.05, 4.69) is 15.6 Å². The van der Waals surface area contributed by atoms with Crippen LogP contribution in [0.1, 0.15) is 16.1 Å². The van der Waals surface area contributed by atoms with Crippen LogP contribution in [0.15, 0.2) is 53.4 Å². The maximum absolute atomic E-state index is 12.6. The Hall–Kier alpha value is -3.39. The number of aromatic nitrogens is 1. The number of benzene rings is 2. The van der Waals surface area contributed by atoms with E-state index >= 15 is 0 Å². The third-order valence-corrected chi connectivity index (χ3v) is 4.50. The van der Waals surface area contributed by atoms with Gasteiger partial charge >= 0.3 is 0 Å². The molecule has 1 aliphatic heterocycles. The number of carbonyl (C=O) groups is 2. The highest BCUT2D eigenvalue weighted by atomic mass is 32.1. The van der Waals surface area contributed by atoms with Gasteiger partial charge in [-0.15, -0.1) is 11.3 Å². The Morgan fingerprint density at radius 3 is 3.04 bits per heavy atom. The smallest absolute Gasteiger partial charge is 0.262 e. The van der Waals surface area contributed by atoms with Gasteiger partial charge in [0.15, 0.2) is 6.61 Å². The molecule has 2 N–H and O–H groups in total. The number of amides is 2. The maximum atomic E-state index is 12.6. The summed E-state index contributed by atoms with van der Waals surface area (Å²) in [5.41, 5.74) is 3.99. The van der Waals surface area contributed by atoms with Crippen LogP contribution in [0.25, 0.3) is 0 Å². The van der Waals surface area contributed by atoms with Gasteiger partial charge in [0.25, 0.3) is 11.8 Å². The quantitative estimate of drug-likeness (QED) is 0.708. The second-order valence-corrected chi connectivity index (χ2v) is 6.49. The molecule has 0 atom stereocenters. The molecular formula is C19H15N3O4S. The zero-order valence-corrected chi connectivity index (χ0v) is 14.9. The molecule has 0 radical (unpaired) electrons. The molecule has 3 aromatic rings. The van der Waals surface area contributed by atoms with Crippen LogP contribution in [0.5, 0.6) is 11.5 Å². The first-order chi connectivity index (χ1) is 13.2. The zero-order valence-electron chi connectivity index (χ0n) is 14.1. The van der Waals surface area contributed by atoms with Crippen molar-refractivity contribution < 1.29 is 19.1 Å². The summed E-state index contributed by atoms with van der Waals surface area (Å²) in [6.07, 6.45) is 0. The van der Waals surface area contributed by atoms with Crippen LogP contribution >= 0.6 is 11.3 Å². The molecule has 2 amide bonds. The molecule has 136 valence electrons. The number of nitrogens with zero attached hydrogens (tertiary/aromatic N) is 1. The van der Waals surface area contributed by atoms with Crippen molar-refractivity contribution in [3.63, 3.8) is 0 Å². The first-order valence-corrected chi connectivity index (χ1v) is 9.10. The van der Waals surface area contributed by atoms with Crippen LogP contribution < -0.4 is 20.1 Å². The number of hydrogen-bond donors (Lipinski definition) is 2. The summed E-state index contributed by atoms with van der Waals surface area (Å²) in [6.45, 7) is 0.293. The van der Waals surface area contributed by atoms with Gasteiger partial charge in [0, 0.05) is 10.9 Å². The van der Waals surface area contributed by atoms with E-state index in [1.165, 1.54) is 11.3 Å². The lowest BCUT2D eigenvalue weighted by molar-refractivity contribution is -0.118. The van der Waals surface area contributed by atoms with Crippen LogP contribution in [0.4, 0.5) is 11.4 Å². The second kappa shape index (κ2) is 7.46. The lowest BCUT2D eigenvalue weighted by Gasteiger charge is -2.18. The van der Waals surface area contributed by atoms with Gasteiger partial charge in [-0.2, -0.15) is 0 Å². The number of carbonyl (C=O) groups excluding carboxylic acids is 2. The normalized spacial score (nSPS) is 12.5. The Kier molecular flexibility index (Phi) is 4.71. The summed E-state index contributed by atoms with van der Waals surface area (Å²) in [5.74, 6) is 0.523. The first-order valence-electron chi connectivity index (χ1n) is 8.16. The molecule has 7 nitrogen and oxygen atoms in total. The van der Waals surface area contributed by atoms with Crippen LogP contribution in [0.2, 0.25) is 0 Å². The molecule has 0 unspecified atom stereocenters. The van der Waals surface area contributed by atoms with Gasteiger partial charge in [0.2, 0.25) is 0 Å². The van der Waals surface area contributed by atoms with Crippen molar-refractivity contribution >= 4 is 34.5 Å². The lowest BCUT2D eigenvalue weighted by atomic mass is 10.1. The van der Waals surface area contributed by atoms with E-state index in [1.54, 1.807) is 35.8 Å². The van der Waals surface area contributed by atoms with Crippen molar-refractivity contribution in [1.29, 1.82) is 0 Å². The van der Waals surface area contributed by atoms with E-state index in [-0.39, 0.29) is 18.4 Å². The number of hydrogen-bond acceptors (Lipinski definition) is 6. The topological polar surface area (TPSA) is 89.6 Å². The SMILES string of the molecule is O=C1COc2ccc(C(=O)Nc3ccccc3OCc3cscn3)cc2N1. The van der Waals surface area contributed by atoms with Crippen LogP contribution in [-0.2, 0) is 11.4 Å². The van der Waals surface area contributed by atoms with E-state index in [4.69, 9.17) is 9.47 Å². The molecule has 4 rings (SSSR count). The Labute approximate surface area is 159 Å². The van der Waals surface area contributed by atoms with Crippen molar-refractivity contribution in [2.75, 3.05) is 17.2 Å². The van der Waals surface area contributed by atoms with Gasteiger partial charge < -0.3 is 20.1 Å². The molecule has 0 bridgehead atoms. The van der Waals surface area contributed by atoms with E-state index in [9.17, 15) is 9.59 Å². The molecule has 1 aliphatic rings. The number of rotatable bonds is 5. The Balaban J connectivity index is 1.50. The predicted octanol–water partition coefficient (Wildman–Crippen LogP) is 3.31. The first kappa shape index (κ1) is 17.0. The highest BCUT2D eigenvalue weighted by Crippen LogP contribution is 2.30. The van der Waals surface area contributed by atoms with Gasteiger partial charge in [-0.3, -0.25) is 9.59 Å². The minimum atomic E-state index is -0.317. The van der Waals surface area contributed by atoms with Crippen molar-refractivity contribution in [2.24, 2.45) is 0 Å². The largest absolute Gasteiger partial charge is 0.485 e. The van der Waals surface area contributed by atoms with Crippen LogP contribution in [0, 0.1) is 0 Å². The average molecular weight is 381 g/mol. The Morgan fingerprint density at radius 1 is 1.30 bits per heavy atom. The summed E-state index contributed by atoms with van der Waals surface area (Å²) in [6, 6.07) is 12.1. The molecule has 0 saturated carbocycles. The second-order valence-electron chi connectivity index (χ2n) is 5.77. The number of ether oxygens (including phenoxy) is 2. The van der Waals surface area contributed by atoms with E-state index in [1.807, 2.05) is 17.5 Å². The molecule has 0 aliphatic carbocycles. The fourth-order valence-corrected chi connectivity index (χ4v) is 3.12. The van der Waals surface area contributed by atoms with Gasteiger partial charge in [0.05, 0.1) is 22.6 Å². The molecule has 0 saturated heterocycles. The predicted molar refractivity (Wildman–Crippen MR) is 101 cm³/mol. The lowest BCUT2D eigenvalue weighted by Crippen LogP contribution is -2.25. The third-order valence-electron chi connectivity index (χ3n) is 3.87. The number of para-hydroxylation sites is 2. The summed E-state index contributed by atoms with van der Waals surface area (Å²) in [7, 11) is 0. The van der Waals surface area contributed by atoms with Crippen molar-refractivity contribution in [2.45, 2.75) is 6.61 Å². The monoisotopic (exact) mass is 381 g/mol. The van der Waals surface area contributed by atoms with Crippen molar-refractivity contribution in [3.05, 3.63) is 64.6 Å². The maximum Gasteiger partial charge on any atom is 0.262 e.